The van der Waals surface area contributed by atoms with Crippen molar-refractivity contribution < 1.29 is 4.79 Å². The van der Waals surface area contributed by atoms with Crippen LogP contribution in [0.5, 0.6) is 0 Å². The highest BCUT2D eigenvalue weighted by molar-refractivity contribution is 7.13. The van der Waals surface area contributed by atoms with Crippen LogP contribution in [0.4, 0.5) is 10.8 Å². The molecule has 1 amide bonds. The Morgan fingerprint density at radius 1 is 1.35 bits per heavy atom. The first-order chi connectivity index (χ1) is 9.70. The van der Waals surface area contributed by atoms with Gasteiger partial charge in [0.05, 0.1) is 5.69 Å². The van der Waals surface area contributed by atoms with Gasteiger partial charge >= 0.3 is 0 Å². The maximum Gasteiger partial charge on any atom is 0.226 e. The number of hydrogen-bond acceptors (Lipinski definition) is 4. The number of amides is 1. The number of benzene rings is 1. The number of thiazole rings is 1. The third-order valence-electron chi connectivity index (χ3n) is 3.38. The quantitative estimate of drug-likeness (QED) is 0.830. The molecule has 1 aliphatic rings. The van der Waals surface area contributed by atoms with Crippen molar-refractivity contribution in [2.45, 2.75) is 31.6 Å². The average molecular weight is 287 g/mol. The van der Waals surface area contributed by atoms with E-state index in [9.17, 15) is 4.79 Å². The van der Waals surface area contributed by atoms with E-state index in [0.29, 0.717) is 23.9 Å². The molecule has 1 aliphatic carbocycles. The lowest BCUT2D eigenvalue weighted by atomic mass is 10.1. The number of carbonyl (C=O) groups is 1. The van der Waals surface area contributed by atoms with E-state index < -0.39 is 0 Å². The summed E-state index contributed by atoms with van der Waals surface area (Å²) >= 11 is 1.51. The van der Waals surface area contributed by atoms with Gasteiger partial charge in [-0.1, -0.05) is 12.1 Å². The van der Waals surface area contributed by atoms with Gasteiger partial charge in [0.1, 0.15) is 0 Å². The van der Waals surface area contributed by atoms with Gasteiger partial charge in [-0.25, -0.2) is 4.98 Å². The second-order valence-electron chi connectivity index (χ2n) is 5.14. The van der Waals surface area contributed by atoms with Gasteiger partial charge in [0, 0.05) is 23.4 Å². The number of nitrogens with one attached hydrogen (secondary N) is 1. The summed E-state index contributed by atoms with van der Waals surface area (Å²) in [5, 5.41) is 5.64. The fourth-order valence-electron chi connectivity index (χ4n) is 2.03. The van der Waals surface area contributed by atoms with Gasteiger partial charge < -0.3 is 11.1 Å². The maximum absolute atomic E-state index is 11.9. The second kappa shape index (κ2) is 5.63. The van der Waals surface area contributed by atoms with Crippen LogP contribution in [0.15, 0.2) is 29.6 Å². The summed E-state index contributed by atoms with van der Waals surface area (Å²) in [6.07, 6.45) is 3.64. The number of rotatable bonds is 5. The molecule has 1 saturated carbocycles. The number of hydrogen-bond donors (Lipinski definition) is 2. The summed E-state index contributed by atoms with van der Waals surface area (Å²) in [6.45, 7) is 0. The Balaban J connectivity index is 1.49. The molecule has 1 aromatic heterocycles. The standard InChI is InChI=1S/C15H17N3OS/c16-12-6-1-10(2-7-12)3-8-14(19)18-15-17-13(9-20-15)11-4-5-11/h1-2,6-7,9,11H,3-5,8,16H2,(H,17,18,19). The number of aromatic nitrogens is 1. The van der Waals surface area contributed by atoms with Gasteiger partial charge in [0.25, 0.3) is 0 Å². The minimum absolute atomic E-state index is 0.0125. The van der Waals surface area contributed by atoms with Crippen LogP contribution in [-0.2, 0) is 11.2 Å². The smallest absolute Gasteiger partial charge is 0.226 e. The first kappa shape index (κ1) is 13.1. The lowest BCUT2D eigenvalue weighted by Crippen LogP contribution is -2.12. The summed E-state index contributed by atoms with van der Waals surface area (Å²) in [4.78, 5) is 16.3. The Bertz CT molecular complexity index is 602. The summed E-state index contributed by atoms with van der Waals surface area (Å²) in [5.41, 5.74) is 8.62. The number of nitrogen functional groups attached to an aromatic ring is 1. The molecule has 1 fully saturated rings. The Morgan fingerprint density at radius 3 is 2.80 bits per heavy atom. The fourth-order valence-corrected chi connectivity index (χ4v) is 2.84. The molecule has 1 heterocycles. The number of carbonyl (C=O) groups excluding carboxylic acids is 1. The SMILES string of the molecule is Nc1ccc(CCC(=O)Nc2nc(C3CC3)cs2)cc1. The third-order valence-corrected chi connectivity index (χ3v) is 4.16. The minimum Gasteiger partial charge on any atom is -0.399 e. The molecular formula is C15H17N3OS. The van der Waals surface area contributed by atoms with Crippen LogP contribution in [0.3, 0.4) is 0 Å². The highest BCUT2D eigenvalue weighted by Gasteiger charge is 2.26. The van der Waals surface area contributed by atoms with Crippen molar-refractivity contribution in [1.82, 2.24) is 4.98 Å². The van der Waals surface area contributed by atoms with E-state index in [1.165, 1.54) is 24.2 Å². The van der Waals surface area contributed by atoms with Gasteiger partial charge in [0.15, 0.2) is 5.13 Å². The lowest BCUT2D eigenvalue weighted by molar-refractivity contribution is -0.116. The highest BCUT2D eigenvalue weighted by Crippen LogP contribution is 2.40. The predicted molar refractivity (Wildman–Crippen MR) is 81.9 cm³/mol. The molecule has 0 radical (unpaired) electrons. The number of nitrogens with two attached hydrogens (primary N) is 1. The van der Waals surface area contributed by atoms with Crippen LogP contribution in [0, 0.1) is 0 Å². The summed E-state index contributed by atoms with van der Waals surface area (Å²) in [7, 11) is 0. The molecule has 104 valence electrons. The zero-order valence-corrected chi connectivity index (χ0v) is 12.0. The molecule has 20 heavy (non-hydrogen) atoms. The molecule has 0 aliphatic heterocycles. The van der Waals surface area contributed by atoms with Crippen molar-refractivity contribution in [2.24, 2.45) is 0 Å². The van der Waals surface area contributed by atoms with E-state index >= 15 is 0 Å². The predicted octanol–water partition coefficient (Wildman–Crippen LogP) is 3.17. The molecule has 2 aromatic rings. The molecule has 4 nitrogen and oxygen atoms in total. The first-order valence-corrected chi connectivity index (χ1v) is 7.68. The fraction of sp³-hybridized carbons (Fsp3) is 0.333. The largest absolute Gasteiger partial charge is 0.399 e. The Morgan fingerprint density at radius 2 is 2.10 bits per heavy atom. The van der Waals surface area contributed by atoms with Gasteiger partial charge in [-0.3, -0.25) is 4.79 Å². The number of anilines is 2. The Hall–Kier alpha value is -1.88. The molecule has 0 atom stereocenters. The summed E-state index contributed by atoms with van der Waals surface area (Å²) < 4.78 is 0. The van der Waals surface area contributed by atoms with Crippen LogP contribution < -0.4 is 11.1 Å². The van der Waals surface area contributed by atoms with Crippen LogP contribution in [-0.4, -0.2) is 10.9 Å². The molecule has 0 spiro atoms. The average Bonchev–Trinajstić information content (AvgIpc) is 3.19. The van der Waals surface area contributed by atoms with Gasteiger partial charge in [0.2, 0.25) is 5.91 Å². The van der Waals surface area contributed by atoms with Crippen molar-refractivity contribution >= 4 is 28.1 Å². The zero-order valence-electron chi connectivity index (χ0n) is 11.1. The Labute approximate surface area is 122 Å². The number of nitrogens with zero attached hydrogens (tertiary/aromatic N) is 1. The summed E-state index contributed by atoms with van der Waals surface area (Å²) in [5.74, 6) is 0.644. The van der Waals surface area contributed by atoms with Crippen molar-refractivity contribution in [3.63, 3.8) is 0 Å². The van der Waals surface area contributed by atoms with Gasteiger partial charge in [-0.15, -0.1) is 11.3 Å². The van der Waals surface area contributed by atoms with Crippen LogP contribution >= 0.6 is 11.3 Å². The molecule has 0 unspecified atom stereocenters. The van der Waals surface area contributed by atoms with Crippen molar-refractivity contribution in [3.8, 4) is 0 Å². The van der Waals surface area contributed by atoms with E-state index in [0.717, 1.165) is 16.9 Å². The normalized spacial score (nSPS) is 14.2. The van der Waals surface area contributed by atoms with Crippen molar-refractivity contribution in [3.05, 3.63) is 40.9 Å². The van der Waals surface area contributed by atoms with E-state index in [1.807, 2.05) is 29.6 Å². The Kier molecular flexibility index (Phi) is 3.69. The molecule has 5 heteroatoms. The lowest BCUT2D eigenvalue weighted by Gasteiger charge is -2.02. The molecule has 0 saturated heterocycles. The zero-order chi connectivity index (χ0) is 13.9. The monoisotopic (exact) mass is 287 g/mol. The molecule has 0 bridgehead atoms. The number of aryl methyl sites for hydroxylation is 1. The van der Waals surface area contributed by atoms with Crippen LogP contribution in [0.2, 0.25) is 0 Å². The van der Waals surface area contributed by atoms with Gasteiger partial charge in [-0.2, -0.15) is 0 Å². The summed E-state index contributed by atoms with van der Waals surface area (Å²) in [6, 6.07) is 7.63. The van der Waals surface area contributed by atoms with E-state index in [1.54, 1.807) is 0 Å². The molecule has 3 rings (SSSR count). The van der Waals surface area contributed by atoms with Crippen LogP contribution in [0.25, 0.3) is 0 Å². The van der Waals surface area contributed by atoms with Gasteiger partial charge in [-0.05, 0) is 37.0 Å². The topological polar surface area (TPSA) is 68.0 Å². The second-order valence-corrected chi connectivity index (χ2v) is 6.00. The third kappa shape index (κ3) is 3.36. The van der Waals surface area contributed by atoms with E-state index in [2.05, 4.69) is 10.3 Å². The van der Waals surface area contributed by atoms with Crippen molar-refractivity contribution in [2.75, 3.05) is 11.1 Å². The van der Waals surface area contributed by atoms with E-state index in [4.69, 9.17) is 5.73 Å². The highest BCUT2D eigenvalue weighted by atomic mass is 32.1. The maximum atomic E-state index is 11.9. The first-order valence-electron chi connectivity index (χ1n) is 6.80. The van der Waals surface area contributed by atoms with Crippen LogP contribution in [0.1, 0.15) is 36.4 Å². The molecule has 1 aromatic carbocycles. The molecule has 3 N–H and O–H groups in total. The molecular weight excluding hydrogens is 270 g/mol. The van der Waals surface area contributed by atoms with Crippen molar-refractivity contribution in [1.29, 1.82) is 0 Å². The minimum atomic E-state index is 0.0125. The van der Waals surface area contributed by atoms with E-state index in [-0.39, 0.29) is 5.91 Å².